The van der Waals surface area contributed by atoms with E-state index in [4.69, 9.17) is 15.2 Å². The van der Waals surface area contributed by atoms with Crippen LogP contribution in [0.15, 0.2) is 17.5 Å². The van der Waals surface area contributed by atoms with Gasteiger partial charge < -0.3 is 15.2 Å². The van der Waals surface area contributed by atoms with Crippen LogP contribution < -0.4 is 5.73 Å². The van der Waals surface area contributed by atoms with Gasteiger partial charge in [0.25, 0.3) is 0 Å². The van der Waals surface area contributed by atoms with E-state index in [0.717, 1.165) is 19.4 Å². The molecular weight excluding hydrogens is 210 g/mol. The molecule has 0 radical (unpaired) electrons. The van der Waals surface area contributed by atoms with Crippen LogP contribution in [0.5, 0.6) is 0 Å². The van der Waals surface area contributed by atoms with Crippen molar-refractivity contribution < 1.29 is 9.47 Å². The second-order valence-electron chi connectivity index (χ2n) is 3.84. The summed E-state index contributed by atoms with van der Waals surface area (Å²) in [5.74, 6) is 0. The van der Waals surface area contributed by atoms with Crippen molar-refractivity contribution >= 4 is 11.3 Å². The molecule has 15 heavy (non-hydrogen) atoms. The normalized spacial score (nSPS) is 30.1. The van der Waals surface area contributed by atoms with Crippen molar-refractivity contribution in [3.63, 3.8) is 0 Å². The molecule has 0 bridgehead atoms. The predicted molar refractivity (Wildman–Crippen MR) is 61.2 cm³/mol. The summed E-state index contributed by atoms with van der Waals surface area (Å²) < 4.78 is 11.0. The Kier molecular flexibility index (Phi) is 3.75. The second kappa shape index (κ2) is 5.07. The zero-order valence-corrected chi connectivity index (χ0v) is 9.70. The predicted octanol–water partition coefficient (Wildman–Crippen LogP) is 1.42. The average Bonchev–Trinajstić information content (AvgIpc) is 2.69. The maximum atomic E-state index is 5.79. The number of hydrogen-bond acceptors (Lipinski definition) is 4. The maximum absolute atomic E-state index is 5.79. The molecule has 4 heteroatoms. The van der Waals surface area contributed by atoms with Crippen LogP contribution in [-0.4, -0.2) is 32.0 Å². The fourth-order valence-electron chi connectivity index (χ4n) is 1.87. The largest absolute Gasteiger partial charge is 0.377 e. The molecule has 1 heterocycles. The molecule has 1 aromatic rings. The van der Waals surface area contributed by atoms with E-state index in [2.05, 4.69) is 17.5 Å². The van der Waals surface area contributed by atoms with Crippen molar-refractivity contribution in [2.45, 2.75) is 31.1 Å². The topological polar surface area (TPSA) is 44.5 Å². The fourth-order valence-corrected chi connectivity index (χ4v) is 2.56. The minimum absolute atomic E-state index is 0.0911. The third kappa shape index (κ3) is 2.58. The summed E-state index contributed by atoms with van der Waals surface area (Å²) in [5, 5.41) is 2.09. The highest BCUT2D eigenvalue weighted by Crippen LogP contribution is 2.25. The Bertz CT molecular complexity index is 289. The van der Waals surface area contributed by atoms with Crippen molar-refractivity contribution in [1.29, 1.82) is 0 Å². The summed E-state index contributed by atoms with van der Waals surface area (Å²) in [4.78, 5) is 1.37. The number of nitrogens with two attached hydrogens (primary N) is 1. The maximum Gasteiger partial charge on any atom is 0.0984 e. The van der Waals surface area contributed by atoms with Gasteiger partial charge in [-0.05, 0) is 17.9 Å². The van der Waals surface area contributed by atoms with Gasteiger partial charge in [0.15, 0.2) is 0 Å². The van der Waals surface area contributed by atoms with Gasteiger partial charge in [-0.1, -0.05) is 6.07 Å². The Balaban J connectivity index is 1.66. The van der Waals surface area contributed by atoms with Gasteiger partial charge in [0, 0.05) is 24.4 Å². The first kappa shape index (κ1) is 11.1. The fraction of sp³-hybridized carbons (Fsp3) is 0.636. The van der Waals surface area contributed by atoms with Crippen molar-refractivity contribution in [1.82, 2.24) is 0 Å². The summed E-state index contributed by atoms with van der Waals surface area (Å²) >= 11 is 1.77. The highest BCUT2D eigenvalue weighted by molar-refractivity contribution is 7.09. The van der Waals surface area contributed by atoms with Crippen molar-refractivity contribution in [2.24, 2.45) is 5.73 Å². The molecule has 0 saturated heterocycles. The van der Waals surface area contributed by atoms with E-state index in [1.807, 2.05) is 0 Å². The lowest BCUT2D eigenvalue weighted by Gasteiger charge is -2.40. The quantitative estimate of drug-likeness (QED) is 0.827. The van der Waals surface area contributed by atoms with Crippen LogP contribution in [0.25, 0.3) is 0 Å². The second-order valence-corrected chi connectivity index (χ2v) is 4.87. The van der Waals surface area contributed by atoms with E-state index in [-0.39, 0.29) is 18.2 Å². The number of hydrogen-bond donors (Lipinski definition) is 1. The van der Waals surface area contributed by atoms with Gasteiger partial charge in [0.1, 0.15) is 0 Å². The molecule has 1 aliphatic carbocycles. The molecule has 3 nitrogen and oxygen atoms in total. The molecule has 3 unspecified atom stereocenters. The molecule has 0 amide bonds. The van der Waals surface area contributed by atoms with Gasteiger partial charge in [-0.2, -0.15) is 0 Å². The van der Waals surface area contributed by atoms with Gasteiger partial charge in [0.2, 0.25) is 0 Å². The van der Waals surface area contributed by atoms with Crippen molar-refractivity contribution in [2.75, 3.05) is 13.7 Å². The lowest BCUT2D eigenvalue weighted by atomic mass is 9.86. The van der Waals surface area contributed by atoms with Crippen LogP contribution in [0.1, 0.15) is 11.3 Å². The van der Waals surface area contributed by atoms with E-state index in [0.29, 0.717) is 0 Å². The van der Waals surface area contributed by atoms with Crippen LogP contribution >= 0.6 is 11.3 Å². The van der Waals surface area contributed by atoms with Crippen LogP contribution in [0.4, 0.5) is 0 Å². The molecule has 3 atom stereocenters. The van der Waals surface area contributed by atoms with Crippen LogP contribution in [0.3, 0.4) is 0 Å². The molecule has 84 valence electrons. The van der Waals surface area contributed by atoms with Gasteiger partial charge in [-0.15, -0.1) is 11.3 Å². The number of thiophene rings is 1. The summed E-state index contributed by atoms with van der Waals surface area (Å²) in [6.07, 6.45) is 2.20. The summed E-state index contributed by atoms with van der Waals surface area (Å²) in [6, 6.07) is 4.35. The Hall–Kier alpha value is -0.420. The van der Waals surface area contributed by atoms with E-state index in [9.17, 15) is 0 Å². The molecular formula is C11H17NO2S. The molecule has 1 fully saturated rings. The van der Waals surface area contributed by atoms with Crippen LogP contribution in [0.2, 0.25) is 0 Å². The lowest BCUT2D eigenvalue weighted by Crippen LogP contribution is -2.57. The molecule has 0 aliphatic heterocycles. The lowest BCUT2D eigenvalue weighted by molar-refractivity contribution is -0.124. The van der Waals surface area contributed by atoms with Crippen molar-refractivity contribution in [3.05, 3.63) is 22.4 Å². The summed E-state index contributed by atoms with van der Waals surface area (Å²) in [6.45, 7) is 0.762. The smallest absolute Gasteiger partial charge is 0.0984 e. The highest BCUT2D eigenvalue weighted by Gasteiger charge is 2.39. The van der Waals surface area contributed by atoms with Gasteiger partial charge >= 0.3 is 0 Å². The summed E-state index contributed by atoms with van der Waals surface area (Å²) in [7, 11) is 1.69. The molecule has 2 rings (SSSR count). The van der Waals surface area contributed by atoms with E-state index in [1.54, 1.807) is 18.4 Å². The minimum atomic E-state index is 0.0911. The van der Waals surface area contributed by atoms with E-state index in [1.165, 1.54) is 4.88 Å². The Morgan fingerprint density at radius 1 is 1.60 bits per heavy atom. The Morgan fingerprint density at radius 2 is 2.47 bits per heavy atom. The number of ether oxygens (including phenoxy) is 2. The van der Waals surface area contributed by atoms with E-state index >= 15 is 0 Å². The third-order valence-corrected chi connectivity index (χ3v) is 3.76. The van der Waals surface area contributed by atoms with Gasteiger partial charge in [0.05, 0.1) is 18.8 Å². The zero-order valence-electron chi connectivity index (χ0n) is 8.89. The molecule has 0 aromatic carbocycles. The number of methoxy groups -OCH3 is 1. The monoisotopic (exact) mass is 227 g/mol. The zero-order chi connectivity index (χ0) is 10.7. The molecule has 2 N–H and O–H groups in total. The van der Waals surface area contributed by atoms with Crippen LogP contribution in [0, 0.1) is 0 Å². The molecule has 0 spiro atoms. The molecule has 1 saturated carbocycles. The number of rotatable bonds is 5. The molecule has 1 aromatic heterocycles. The Labute approximate surface area is 94.2 Å². The van der Waals surface area contributed by atoms with E-state index < -0.39 is 0 Å². The van der Waals surface area contributed by atoms with Gasteiger partial charge in [-0.25, -0.2) is 0 Å². The third-order valence-electron chi connectivity index (χ3n) is 2.83. The first-order chi connectivity index (χ1) is 7.31. The Morgan fingerprint density at radius 3 is 3.07 bits per heavy atom. The van der Waals surface area contributed by atoms with Crippen molar-refractivity contribution in [3.8, 4) is 0 Å². The minimum Gasteiger partial charge on any atom is -0.377 e. The molecule has 1 aliphatic rings. The first-order valence-corrected chi connectivity index (χ1v) is 6.11. The standard InChI is InChI=1S/C11H17NO2S/c1-13-11-9(12)7-10(11)14-5-4-8-3-2-6-15-8/h2-3,6,9-11H,4-5,7,12H2,1H3. The average molecular weight is 227 g/mol. The van der Waals surface area contributed by atoms with Gasteiger partial charge in [-0.3, -0.25) is 0 Å². The summed E-state index contributed by atoms with van der Waals surface area (Å²) in [5.41, 5.74) is 5.79. The highest BCUT2D eigenvalue weighted by atomic mass is 32.1. The SMILES string of the molecule is COC1C(N)CC1OCCc1cccs1. The first-order valence-electron chi connectivity index (χ1n) is 5.23. The van der Waals surface area contributed by atoms with Crippen LogP contribution in [-0.2, 0) is 15.9 Å².